The maximum Gasteiger partial charge on any atom is 0.261 e. The van der Waals surface area contributed by atoms with E-state index in [1.54, 1.807) is 13.2 Å². The highest BCUT2D eigenvalue weighted by molar-refractivity contribution is 6.99. The minimum atomic E-state index is -2.77. The first-order valence-corrected chi connectivity index (χ1v) is 20.3. The van der Waals surface area contributed by atoms with E-state index in [1.165, 1.54) is 10.4 Å². The number of hydrogen-bond acceptors (Lipinski definition) is 7. The first kappa shape index (κ1) is 39.3. The second kappa shape index (κ2) is 16.8. The molecule has 2 fully saturated rings. The molecule has 2 heterocycles. The molecule has 8 heteroatoms. The van der Waals surface area contributed by atoms with Gasteiger partial charge in [0.15, 0.2) is 5.79 Å². The molecule has 6 atom stereocenters. The molecule has 3 aromatic rings. The van der Waals surface area contributed by atoms with E-state index in [-0.39, 0.29) is 29.3 Å². The van der Waals surface area contributed by atoms with Crippen molar-refractivity contribution in [2.45, 2.75) is 103 Å². The summed E-state index contributed by atoms with van der Waals surface area (Å²) in [6.07, 6.45) is 1.37. The molecule has 1 spiro atoms. The highest BCUT2D eigenvalue weighted by atomic mass is 28.4. The molecule has 5 rings (SSSR count). The minimum Gasteiger partial charge on any atom is -0.407 e. The Morgan fingerprint density at radius 2 is 1.51 bits per heavy atom. The monoisotopic (exact) mass is 714 g/mol. The summed E-state index contributed by atoms with van der Waals surface area (Å²) in [5.74, 6) is -1.39. The van der Waals surface area contributed by atoms with E-state index in [9.17, 15) is 4.79 Å². The molecule has 3 aromatic carbocycles. The molecule has 0 N–H and O–H groups in total. The zero-order valence-corrected chi connectivity index (χ0v) is 32.6. The minimum absolute atomic E-state index is 0.119. The molecule has 276 valence electrons. The van der Waals surface area contributed by atoms with Gasteiger partial charge in [-0.3, -0.25) is 4.79 Å². The van der Waals surface area contributed by atoms with Crippen molar-refractivity contribution in [3.63, 3.8) is 0 Å². The van der Waals surface area contributed by atoms with E-state index in [2.05, 4.69) is 89.7 Å². The van der Waals surface area contributed by atoms with Crippen molar-refractivity contribution in [3.8, 4) is 0 Å². The molecule has 0 unspecified atom stereocenters. The van der Waals surface area contributed by atoms with Crippen LogP contribution >= 0.6 is 0 Å². The summed E-state index contributed by atoms with van der Waals surface area (Å²) in [4.78, 5) is 13.9. The molecule has 0 amide bonds. The first-order valence-electron chi connectivity index (χ1n) is 18.4. The summed E-state index contributed by atoms with van der Waals surface area (Å²) >= 11 is 0. The fourth-order valence-electron chi connectivity index (χ4n) is 8.02. The van der Waals surface area contributed by atoms with Crippen molar-refractivity contribution < 1.29 is 32.9 Å². The Balaban J connectivity index is 1.37. The Kier molecular flexibility index (Phi) is 12.9. The lowest BCUT2D eigenvalue weighted by Gasteiger charge is -2.48. The third-order valence-corrected chi connectivity index (χ3v) is 16.0. The fourth-order valence-corrected chi connectivity index (χ4v) is 12.6. The van der Waals surface area contributed by atoms with Crippen molar-refractivity contribution in [1.82, 2.24) is 0 Å². The molecule has 0 aromatic heterocycles. The number of benzene rings is 3. The Morgan fingerprint density at radius 1 is 0.922 bits per heavy atom. The predicted molar refractivity (Wildman–Crippen MR) is 205 cm³/mol. The molecule has 2 saturated heterocycles. The Bertz CT molecular complexity index is 1500. The lowest BCUT2D eigenvalue weighted by molar-refractivity contribution is -0.309. The number of rotatable bonds is 16. The van der Waals surface area contributed by atoms with E-state index in [0.717, 1.165) is 5.56 Å². The number of methoxy groups -OCH3 is 1. The zero-order valence-electron chi connectivity index (χ0n) is 31.6. The predicted octanol–water partition coefficient (Wildman–Crippen LogP) is 7.26. The summed E-state index contributed by atoms with van der Waals surface area (Å²) in [6, 6.07) is 31.3. The first-order chi connectivity index (χ1) is 24.4. The normalized spacial score (nSPS) is 25.6. The van der Waals surface area contributed by atoms with Gasteiger partial charge in [-0.2, -0.15) is 0 Å². The maximum absolute atomic E-state index is 13.9. The van der Waals surface area contributed by atoms with Crippen molar-refractivity contribution >= 4 is 24.5 Å². The molecule has 2 aliphatic heterocycles. The average molecular weight is 715 g/mol. The van der Waals surface area contributed by atoms with Gasteiger partial charge in [0, 0.05) is 31.7 Å². The average Bonchev–Trinajstić information content (AvgIpc) is 3.32. The van der Waals surface area contributed by atoms with E-state index in [4.69, 9.17) is 28.1 Å². The standard InChI is InChI=1S/C43H58O7Si/c1-9-27-47-40-39(38(45-8)25-28-46-31-33-19-13-10-14-20-33)50-43(42(40,6)7)30-36(44)32(2)37(49-43)26-29-48-51(41(3,4)5,34-21-15-11-16-22-34)35-23-17-12-18-24-35/h9-24,32,37-40H,1,25-31H2,2-8H3/t32-,37-,38-,39+,40-,43-/m0/s1. The van der Waals surface area contributed by atoms with E-state index >= 15 is 0 Å². The van der Waals surface area contributed by atoms with Gasteiger partial charge in [-0.25, -0.2) is 0 Å². The SMILES string of the molecule is C=CCO[C@H]1[C@@H]([C@H](CCOCc2ccccc2)OC)O[C@@]2(CC(=O)[C@H](C)[C@H](CCO[Si](c3ccccc3)(c3ccccc3)C(C)(C)C)O2)C1(C)C. The Morgan fingerprint density at radius 3 is 2.06 bits per heavy atom. The highest BCUT2D eigenvalue weighted by Gasteiger charge is 2.67. The smallest absolute Gasteiger partial charge is 0.261 e. The Hall–Kier alpha value is -2.95. The zero-order chi connectivity index (χ0) is 36.7. The molecule has 2 aliphatic rings. The van der Waals surface area contributed by atoms with Gasteiger partial charge in [0.05, 0.1) is 37.9 Å². The molecule has 0 aliphatic carbocycles. The molecular weight excluding hydrogens is 657 g/mol. The van der Waals surface area contributed by atoms with Crippen LogP contribution in [0.2, 0.25) is 5.04 Å². The lowest BCUT2D eigenvalue weighted by atomic mass is 9.73. The van der Waals surface area contributed by atoms with Crippen LogP contribution in [0.1, 0.15) is 66.4 Å². The number of ether oxygens (including phenoxy) is 5. The van der Waals surface area contributed by atoms with E-state index < -0.39 is 37.8 Å². The quantitative estimate of drug-likeness (QED) is 0.0879. The number of hydrogen-bond donors (Lipinski definition) is 0. The van der Waals surface area contributed by atoms with Crippen molar-refractivity contribution in [3.05, 3.63) is 109 Å². The summed E-state index contributed by atoms with van der Waals surface area (Å²) in [5, 5.41) is 2.28. The molecule has 7 nitrogen and oxygen atoms in total. The van der Waals surface area contributed by atoms with Gasteiger partial charge in [-0.15, -0.1) is 6.58 Å². The van der Waals surface area contributed by atoms with Crippen LogP contribution < -0.4 is 10.4 Å². The van der Waals surface area contributed by atoms with E-state index in [0.29, 0.717) is 39.3 Å². The van der Waals surface area contributed by atoms with Crippen LogP contribution in [0.25, 0.3) is 0 Å². The van der Waals surface area contributed by atoms with Crippen molar-refractivity contribution in [2.24, 2.45) is 11.3 Å². The molecule has 0 radical (unpaired) electrons. The van der Waals surface area contributed by atoms with Gasteiger partial charge in [0.25, 0.3) is 8.32 Å². The number of carbonyl (C=O) groups excluding carboxylic acids is 1. The van der Waals surface area contributed by atoms with Crippen molar-refractivity contribution in [2.75, 3.05) is 26.9 Å². The lowest BCUT2D eigenvalue weighted by Crippen LogP contribution is -2.66. The molecular formula is C43H58O7Si. The molecule has 0 bridgehead atoms. The molecule has 51 heavy (non-hydrogen) atoms. The molecule has 0 saturated carbocycles. The van der Waals surface area contributed by atoms with Crippen LogP contribution in [0.5, 0.6) is 0 Å². The van der Waals surface area contributed by atoms with E-state index in [1.807, 2.05) is 49.4 Å². The van der Waals surface area contributed by atoms with Gasteiger partial charge < -0.3 is 28.1 Å². The number of Topliss-reactive ketones (excluding diaryl/α,β-unsaturated/α-hetero) is 1. The maximum atomic E-state index is 13.9. The van der Waals surface area contributed by atoms with Crippen LogP contribution in [0.4, 0.5) is 0 Å². The summed E-state index contributed by atoms with van der Waals surface area (Å²) in [7, 11) is -1.08. The number of carbonyl (C=O) groups is 1. The summed E-state index contributed by atoms with van der Waals surface area (Å²) < 4.78 is 39.8. The summed E-state index contributed by atoms with van der Waals surface area (Å²) in [6.45, 7) is 18.6. The van der Waals surface area contributed by atoms with Crippen LogP contribution in [0.3, 0.4) is 0 Å². The largest absolute Gasteiger partial charge is 0.407 e. The van der Waals surface area contributed by atoms with Crippen molar-refractivity contribution in [1.29, 1.82) is 0 Å². The number of ketones is 1. The van der Waals surface area contributed by atoms with Gasteiger partial charge >= 0.3 is 0 Å². The van der Waals surface area contributed by atoms with Crippen LogP contribution in [-0.2, 0) is 39.5 Å². The second-order valence-electron chi connectivity index (χ2n) is 15.6. The topological polar surface area (TPSA) is 72.5 Å². The van der Waals surface area contributed by atoms with Crippen LogP contribution in [0, 0.1) is 11.3 Å². The van der Waals surface area contributed by atoms with Gasteiger partial charge in [0.1, 0.15) is 11.9 Å². The van der Waals surface area contributed by atoms with Gasteiger partial charge in [-0.05, 0) is 33.8 Å². The summed E-state index contributed by atoms with van der Waals surface area (Å²) in [5.41, 5.74) is 0.430. The second-order valence-corrected chi connectivity index (χ2v) is 19.9. The highest BCUT2D eigenvalue weighted by Crippen LogP contribution is 2.55. The fraction of sp³-hybridized carbons (Fsp3) is 0.512. The third kappa shape index (κ3) is 8.18. The van der Waals surface area contributed by atoms with Crippen LogP contribution in [0.15, 0.2) is 104 Å². The van der Waals surface area contributed by atoms with Gasteiger partial charge in [-0.1, -0.05) is 139 Å². The Labute approximate surface area is 306 Å². The van der Waals surface area contributed by atoms with Gasteiger partial charge in [0.2, 0.25) is 0 Å². The third-order valence-electron chi connectivity index (χ3n) is 11.0. The van der Waals surface area contributed by atoms with Crippen LogP contribution in [-0.4, -0.2) is 71.2 Å².